The minimum Gasteiger partial charge on any atom is -0.495 e. The molecule has 0 aliphatic heterocycles. The van der Waals surface area contributed by atoms with Gasteiger partial charge in [-0.05, 0) is 17.0 Å². The van der Waals surface area contributed by atoms with Crippen molar-refractivity contribution in [3.63, 3.8) is 0 Å². The van der Waals surface area contributed by atoms with Gasteiger partial charge in [-0.1, -0.05) is 15.9 Å². The number of ether oxygens (including phenoxy) is 1. The van der Waals surface area contributed by atoms with E-state index in [9.17, 15) is 13.2 Å². The van der Waals surface area contributed by atoms with Crippen LogP contribution in [-0.4, -0.2) is 24.5 Å². The van der Waals surface area contributed by atoms with Gasteiger partial charge in [0, 0.05) is 6.42 Å². The molecule has 0 aromatic heterocycles. The van der Waals surface area contributed by atoms with Crippen LogP contribution in [0, 0.1) is 0 Å². The largest absolute Gasteiger partial charge is 0.495 e. The highest BCUT2D eigenvalue weighted by molar-refractivity contribution is 9.11. The smallest absolute Gasteiger partial charge is 0.419 e. The summed E-state index contributed by atoms with van der Waals surface area (Å²) in [6, 6.07) is 0. The van der Waals surface area contributed by atoms with E-state index in [-0.39, 0.29) is 25.4 Å². The number of hydrogen-bond donors (Lipinski definition) is 1. The Kier molecular flexibility index (Phi) is 4.21. The number of alkyl halides is 3. The van der Waals surface area contributed by atoms with Crippen molar-refractivity contribution in [3.05, 3.63) is 21.9 Å². The molecule has 86 valence electrons. The lowest BCUT2D eigenvalue weighted by molar-refractivity contribution is -0.0926. The molecule has 1 rings (SSSR count). The van der Waals surface area contributed by atoms with Crippen molar-refractivity contribution in [2.75, 3.05) is 13.2 Å². The van der Waals surface area contributed by atoms with E-state index in [2.05, 4.69) is 15.9 Å². The van der Waals surface area contributed by atoms with Crippen molar-refractivity contribution < 1.29 is 23.0 Å². The number of halogens is 4. The van der Waals surface area contributed by atoms with Crippen LogP contribution < -0.4 is 0 Å². The third kappa shape index (κ3) is 3.53. The number of aliphatic hydroxyl groups is 1. The molecule has 0 bridgehead atoms. The summed E-state index contributed by atoms with van der Waals surface area (Å²) in [6.45, 7) is -0.403. The summed E-state index contributed by atoms with van der Waals surface area (Å²) >= 11 is 3.04. The number of allylic oxidation sites excluding steroid dienone is 4. The van der Waals surface area contributed by atoms with Crippen molar-refractivity contribution in [3.8, 4) is 0 Å². The van der Waals surface area contributed by atoms with Gasteiger partial charge in [0.2, 0.25) is 0 Å². The SMILES string of the molecule is OCCOC1=C(C(F)(F)F)C=C(Br)CC1. The van der Waals surface area contributed by atoms with Gasteiger partial charge in [0.15, 0.2) is 0 Å². The van der Waals surface area contributed by atoms with E-state index in [1.807, 2.05) is 0 Å². The summed E-state index contributed by atoms with van der Waals surface area (Å²) in [6.07, 6.45) is -2.70. The normalized spacial score (nSPS) is 17.8. The maximum atomic E-state index is 12.5. The highest BCUT2D eigenvalue weighted by Gasteiger charge is 2.37. The number of hydrogen-bond acceptors (Lipinski definition) is 2. The maximum absolute atomic E-state index is 12.5. The zero-order valence-corrected chi connectivity index (χ0v) is 9.36. The van der Waals surface area contributed by atoms with Crippen LogP contribution in [0.15, 0.2) is 21.9 Å². The summed E-state index contributed by atoms with van der Waals surface area (Å²) in [5, 5.41) is 8.48. The van der Waals surface area contributed by atoms with Crippen LogP contribution in [0.1, 0.15) is 12.8 Å². The van der Waals surface area contributed by atoms with Crippen LogP contribution in [0.25, 0.3) is 0 Å². The summed E-state index contributed by atoms with van der Waals surface area (Å²) in [4.78, 5) is 0. The molecule has 1 N–H and O–H groups in total. The molecule has 0 saturated carbocycles. The van der Waals surface area contributed by atoms with E-state index < -0.39 is 11.7 Å². The molecule has 0 spiro atoms. The molecule has 0 aromatic rings. The molecule has 15 heavy (non-hydrogen) atoms. The molecular weight excluding hydrogens is 277 g/mol. The Balaban J connectivity index is 2.92. The van der Waals surface area contributed by atoms with E-state index in [1.54, 1.807) is 0 Å². The van der Waals surface area contributed by atoms with Crippen molar-refractivity contribution in [2.45, 2.75) is 19.0 Å². The Hall–Kier alpha value is -0.490. The highest BCUT2D eigenvalue weighted by Crippen LogP contribution is 2.37. The van der Waals surface area contributed by atoms with Crippen LogP contribution in [0.3, 0.4) is 0 Å². The number of rotatable bonds is 3. The summed E-state index contributed by atoms with van der Waals surface area (Å²) < 4.78 is 42.9. The Labute approximate surface area is 93.5 Å². The molecule has 0 radical (unpaired) electrons. The first-order valence-corrected chi connectivity index (χ1v) is 5.14. The van der Waals surface area contributed by atoms with Crippen molar-refractivity contribution >= 4 is 15.9 Å². The van der Waals surface area contributed by atoms with Gasteiger partial charge in [0.05, 0.1) is 12.2 Å². The van der Waals surface area contributed by atoms with Gasteiger partial charge in [-0.25, -0.2) is 0 Å². The van der Waals surface area contributed by atoms with E-state index in [0.717, 1.165) is 6.08 Å². The van der Waals surface area contributed by atoms with E-state index in [4.69, 9.17) is 9.84 Å². The lowest BCUT2D eigenvalue weighted by atomic mass is 10.0. The molecule has 0 aromatic carbocycles. The molecule has 1 aliphatic carbocycles. The maximum Gasteiger partial charge on any atom is 0.419 e. The molecular formula is C9H10BrF3O2. The van der Waals surface area contributed by atoms with E-state index in [0.29, 0.717) is 10.9 Å². The lowest BCUT2D eigenvalue weighted by Gasteiger charge is -2.20. The van der Waals surface area contributed by atoms with E-state index in [1.165, 1.54) is 0 Å². The zero-order chi connectivity index (χ0) is 11.5. The summed E-state index contributed by atoms with van der Waals surface area (Å²) in [7, 11) is 0. The second-order valence-electron chi connectivity index (χ2n) is 3.00. The van der Waals surface area contributed by atoms with E-state index >= 15 is 0 Å². The summed E-state index contributed by atoms with van der Waals surface area (Å²) in [5.74, 6) is -0.0975. The van der Waals surface area contributed by atoms with Crippen LogP contribution in [0.2, 0.25) is 0 Å². The van der Waals surface area contributed by atoms with Crippen LogP contribution in [0.4, 0.5) is 13.2 Å². The lowest BCUT2D eigenvalue weighted by Crippen LogP contribution is -2.17. The molecule has 0 heterocycles. The second-order valence-corrected chi connectivity index (χ2v) is 4.02. The average Bonchev–Trinajstić information content (AvgIpc) is 2.14. The standard InChI is InChI=1S/C9H10BrF3O2/c10-6-1-2-8(15-4-3-14)7(5-6)9(11,12)13/h5,14H,1-4H2. The zero-order valence-electron chi connectivity index (χ0n) is 7.77. The van der Waals surface area contributed by atoms with Gasteiger partial charge >= 0.3 is 6.18 Å². The Morgan fingerprint density at radius 2 is 2.07 bits per heavy atom. The Morgan fingerprint density at radius 3 is 2.60 bits per heavy atom. The Morgan fingerprint density at radius 1 is 1.40 bits per heavy atom. The minimum absolute atomic E-state index is 0.0975. The molecule has 6 heteroatoms. The molecule has 0 fully saturated rings. The summed E-state index contributed by atoms with van der Waals surface area (Å²) in [5.41, 5.74) is -0.769. The van der Waals surface area contributed by atoms with Gasteiger partial charge in [0.25, 0.3) is 0 Å². The second kappa shape index (κ2) is 5.03. The van der Waals surface area contributed by atoms with Gasteiger partial charge in [-0.2, -0.15) is 13.2 Å². The average molecular weight is 287 g/mol. The fourth-order valence-electron chi connectivity index (χ4n) is 1.24. The van der Waals surface area contributed by atoms with Gasteiger partial charge < -0.3 is 9.84 Å². The highest BCUT2D eigenvalue weighted by atomic mass is 79.9. The molecule has 0 saturated heterocycles. The molecule has 0 amide bonds. The predicted octanol–water partition coefficient (Wildman–Crippen LogP) is 2.88. The van der Waals surface area contributed by atoms with Crippen molar-refractivity contribution in [1.29, 1.82) is 0 Å². The number of aliphatic hydroxyl groups excluding tert-OH is 1. The van der Waals surface area contributed by atoms with Gasteiger partial charge in [-0.15, -0.1) is 0 Å². The molecule has 2 nitrogen and oxygen atoms in total. The van der Waals surface area contributed by atoms with Crippen LogP contribution >= 0.6 is 15.9 Å². The quantitative estimate of drug-likeness (QED) is 0.865. The molecule has 0 atom stereocenters. The fourth-order valence-corrected chi connectivity index (χ4v) is 1.66. The van der Waals surface area contributed by atoms with Crippen molar-refractivity contribution in [2.24, 2.45) is 0 Å². The monoisotopic (exact) mass is 286 g/mol. The minimum atomic E-state index is -4.41. The third-order valence-electron chi connectivity index (χ3n) is 1.87. The first-order chi connectivity index (χ1) is 6.95. The third-order valence-corrected chi connectivity index (χ3v) is 2.49. The Bertz CT molecular complexity index is 294. The first kappa shape index (κ1) is 12.6. The van der Waals surface area contributed by atoms with Crippen LogP contribution in [-0.2, 0) is 4.74 Å². The molecule has 1 aliphatic rings. The van der Waals surface area contributed by atoms with Gasteiger partial charge in [-0.3, -0.25) is 0 Å². The van der Waals surface area contributed by atoms with Crippen LogP contribution in [0.5, 0.6) is 0 Å². The van der Waals surface area contributed by atoms with Gasteiger partial charge in [0.1, 0.15) is 12.4 Å². The molecule has 0 unspecified atom stereocenters. The first-order valence-electron chi connectivity index (χ1n) is 4.35. The topological polar surface area (TPSA) is 29.5 Å². The fraction of sp³-hybridized carbons (Fsp3) is 0.556. The van der Waals surface area contributed by atoms with Crippen molar-refractivity contribution in [1.82, 2.24) is 0 Å². The predicted molar refractivity (Wildman–Crippen MR) is 52.4 cm³/mol.